The molecule has 0 saturated carbocycles. The van der Waals surface area contributed by atoms with Crippen LogP contribution in [0.5, 0.6) is 5.75 Å². The van der Waals surface area contributed by atoms with Gasteiger partial charge in [0.05, 0.1) is 6.61 Å². The standard InChI is InChI=1S/C10H9F3O2/c11-10(12,13)9(14)7-1-2-8-6(5-7)3-4-15-8/h1-2,5,9,14H,3-4H2/t9-/m0/s1. The molecule has 0 bridgehead atoms. The van der Waals surface area contributed by atoms with Gasteiger partial charge in [-0.1, -0.05) is 6.07 Å². The van der Waals surface area contributed by atoms with E-state index in [1.165, 1.54) is 18.2 Å². The summed E-state index contributed by atoms with van der Waals surface area (Å²) in [6.45, 7) is 0.487. The van der Waals surface area contributed by atoms with Gasteiger partial charge in [0.25, 0.3) is 0 Å². The summed E-state index contributed by atoms with van der Waals surface area (Å²) in [6.07, 6.45) is -6.44. The summed E-state index contributed by atoms with van der Waals surface area (Å²) in [7, 11) is 0. The Kier molecular flexibility index (Phi) is 2.34. The van der Waals surface area contributed by atoms with E-state index < -0.39 is 12.3 Å². The maximum atomic E-state index is 12.2. The van der Waals surface area contributed by atoms with E-state index in [0.717, 1.165) is 5.56 Å². The van der Waals surface area contributed by atoms with Crippen molar-refractivity contribution in [2.24, 2.45) is 0 Å². The highest BCUT2D eigenvalue weighted by Gasteiger charge is 2.39. The summed E-state index contributed by atoms with van der Waals surface area (Å²) in [5.74, 6) is 0.605. The van der Waals surface area contributed by atoms with Gasteiger partial charge in [-0.2, -0.15) is 13.2 Å². The lowest BCUT2D eigenvalue weighted by Gasteiger charge is -2.15. The number of fused-ring (bicyclic) bond motifs is 1. The molecule has 2 rings (SSSR count). The Morgan fingerprint density at radius 1 is 1.33 bits per heavy atom. The van der Waals surface area contributed by atoms with E-state index in [1.54, 1.807) is 0 Å². The lowest BCUT2D eigenvalue weighted by atomic mass is 10.0. The van der Waals surface area contributed by atoms with Crippen LogP contribution in [-0.4, -0.2) is 17.9 Å². The van der Waals surface area contributed by atoms with E-state index in [1.807, 2.05) is 0 Å². The largest absolute Gasteiger partial charge is 0.493 e. The predicted molar refractivity (Wildman–Crippen MR) is 46.7 cm³/mol. The second-order valence-electron chi connectivity index (χ2n) is 3.41. The molecule has 0 aromatic heterocycles. The van der Waals surface area contributed by atoms with Crippen molar-refractivity contribution in [3.63, 3.8) is 0 Å². The molecule has 1 aromatic carbocycles. The van der Waals surface area contributed by atoms with Crippen LogP contribution in [0.25, 0.3) is 0 Å². The van der Waals surface area contributed by atoms with Crippen LogP contribution in [0.1, 0.15) is 17.2 Å². The van der Waals surface area contributed by atoms with E-state index >= 15 is 0 Å². The van der Waals surface area contributed by atoms with Crippen LogP contribution in [0.4, 0.5) is 13.2 Å². The van der Waals surface area contributed by atoms with Crippen LogP contribution in [0, 0.1) is 0 Å². The Labute approximate surface area is 84.3 Å². The second kappa shape index (κ2) is 3.41. The van der Waals surface area contributed by atoms with Gasteiger partial charge >= 0.3 is 6.18 Å². The third-order valence-corrected chi connectivity index (χ3v) is 2.34. The molecular formula is C10H9F3O2. The molecule has 0 radical (unpaired) electrons. The van der Waals surface area contributed by atoms with E-state index in [9.17, 15) is 13.2 Å². The molecule has 0 aliphatic carbocycles. The first kappa shape index (κ1) is 10.3. The van der Waals surface area contributed by atoms with E-state index in [2.05, 4.69) is 0 Å². The maximum Gasteiger partial charge on any atom is 0.418 e. The number of rotatable bonds is 1. The van der Waals surface area contributed by atoms with Crippen LogP contribution in [0.3, 0.4) is 0 Å². The third kappa shape index (κ3) is 1.92. The van der Waals surface area contributed by atoms with Crippen molar-refractivity contribution in [2.75, 3.05) is 6.61 Å². The monoisotopic (exact) mass is 218 g/mol. The van der Waals surface area contributed by atoms with Gasteiger partial charge in [0.2, 0.25) is 0 Å². The first-order valence-electron chi connectivity index (χ1n) is 4.49. The van der Waals surface area contributed by atoms with Gasteiger partial charge in [-0.3, -0.25) is 0 Å². The van der Waals surface area contributed by atoms with Crippen LogP contribution in [0.15, 0.2) is 18.2 Å². The number of alkyl halides is 3. The molecule has 0 saturated heterocycles. The molecule has 1 aliphatic rings. The van der Waals surface area contributed by atoms with Gasteiger partial charge in [0, 0.05) is 6.42 Å². The SMILES string of the molecule is O[C@@H](c1ccc2c(c1)CCO2)C(F)(F)F. The van der Waals surface area contributed by atoms with Crippen LogP contribution < -0.4 is 4.74 Å². The number of hydrogen-bond acceptors (Lipinski definition) is 2. The van der Waals surface area contributed by atoms with Crippen molar-refractivity contribution >= 4 is 0 Å². The number of benzene rings is 1. The Bertz CT molecular complexity index is 373. The summed E-state index contributed by atoms with van der Waals surface area (Å²) >= 11 is 0. The molecule has 0 amide bonds. The highest BCUT2D eigenvalue weighted by molar-refractivity contribution is 5.40. The molecule has 1 N–H and O–H groups in total. The molecule has 5 heteroatoms. The third-order valence-electron chi connectivity index (χ3n) is 2.34. The zero-order chi connectivity index (χ0) is 11.1. The second-order valence-corrected chi connectivity index (χ2v) is 3.41. The Morgan fingerprint density at radius 2 is 2.07 bits per heavy atom. The van der Waals surface area contributed by atoms with Crippen molar-refractivity contribution in [1.29, 1.82) is 0 Å². The minimum Gasteiger partial charge on any atom is -0.493 e. The molecule has 0 fully saturated rings. The molecule has 1 atom stereocenters. The normalized spacial score (nSPS) is 17.1. The van der Waals surface area contributed by atoms with E-state index in [4.69, 9.17) is 9.84 Å². The lowest BCUT2D eigenvalue weighted by molar-refractivity contribution is -0.206. The topological polar surface area (TPSA) is 29.5 Å². The molecule has 0 spiro atoms. The van der Waals surface area contributed by atoms with Crippen molar-refractivity contribution in [3.05, 3.63) is 29.3 Å². The van der Waals surface area contributed by atoms with Crippen molar-refractivity contribution in [1.82, 2.24) is 0 Å². The first-order chi connectivity index (χ1) is 6.98. The minimum absolute atomic E-state index is 0.133. The zero-order valence-corrected chi connectivity index (χ0v) is 7.71. The van der Waals surface area contributed by atoms with Gasteiger partial charge < -0.3 is 9.84 Å². The predicted octanol–water partition coefficient (Wildman–Crippen LogP) is 2.22. The number of aliphatic hydroxyl groups is 1. The van der Waals surface area contributed by atoms with E-state index in [0.29, 0.717) is 18.8 Å². The molecule has 2 nitrogen and oxygen atoms in total. The lowest BCUT2D eigenvalue weighted by Crippen LogP contribution is -2.20. The summed E-state index contributed by atoms with van der Waals surface area (Å²) in [5.41, 5.74) is 0.586. The summed E-state index contributed by atoms with van der Waals surface area (Å²) in [6, 6.07) is 4.05. The number of hydrogen-bond donors (Lipinski definition) is 1. The molecule has 1 aromatic rings. The van der Waals surface area contributed by atoms with Crippen LogP contribution >= 0.6 is 0 Å². The minimum atomic E-state index is -4.62. The average Bonchev–Trinajstić information content (AvgIpc) is 2.61. The van der Waals surface area contributed by atoms with Gasteiger partial charge in [-0.05, 0) is 23.3 Å². The quantitative estimate of drug-likeness (QED) is 0.783. The number of aliphatic hydroxyl groups excluding tert-OH is 1. The number of ether oxygens (including phenoxy) is 1. The zero-order valence-electron chi connectivity index (χ0n) is 7.71. The molecule has 15 heavy (non-hydrogen) atoms. The fraction of sp³-hybridized carbons (Fsp3) is 0.400. The highest BCUT2D eigenvalue weighted by Crippen LogP contribution is 2.35. The van der Waals surface area contributed by atoms with Crippen molar-refractivity contribution in [3.8, 4) is 5.75 Å². The summed E-state index contributed by atoms with van der Waals surface area (Å²) < 4.78 is 41.8. The molecule has 1 aliphatic heterocycles. The fourth-order valence-corrected chi connectivity index (χ4v) is 1.57. The van der Waals surface area contributed by atoms with Crippen LogP contribution in [-0.2, 0) is 6.42 Å². The number of halogens is 3. The molecular weight excluding hydrogens is 209 g/mol. The average molecular weight is 218 g/mol. The van der Waals surface area contributed by atoms with Gasteiger partial charge in [0.1, 0.15) is 5.75 Å². The van der Waals surface area contributed by atoms with Crippen molar-refractivity contribution < 1.29 is 23.0 Å². The Balaban J connectivity index is 2.31. The highest BCUT2D eigenvalue weighted by atomic mass is 19.4. The van der Waals surface area contributed by atoms with Gasteiger partial charge in [-0.15, -0.1) is 0 Å². The fourth-order valence-electron chi connectivity index (χ4n) is 1.57. The molecule has 0 unspecified atom stereocenters. The smallest absolute Gasteiger partial charge is 0.418 e. The first-order valence-corrected chi connectivity index (χ1v) is 4.49. The summed E-state index contributed by atoms with van der Waals surface area (Å²) in [4.78, 5) is 0. The molecule has 82 valence electrons. The Hall–Kier alpha value is -1.23. The summed E-state index contributed by atoms with van der Waals surface area (Å²) in [5, 5.41) is 9.02. The molecule has 1 heterocycles. The van der Waals surface area contributed by atoms with Crippen molar-refractivity contribution in [2.45, 2.75) is 18.7 Å². The Morgan fingerprint density at radius 3 is 2.73 bits per heavy atom. The van der Waals surface area contributed by atoms with Gasteiger partial charge in [-0.25, -0.2) is 0 Å². The van der Waals surface area contributed by atoms with Crippen LogP contribution in [0.2, 0.25) is 0 Å². The maximum absolute atomic E-state index is 12.2. The van der Waals surface area contributed by atoms with E-state index in [-0.39, 0.29) is 5.56 Å². The van der Waals surface area contributed by atoms with Gasteiger partial charge in [0.15, 0.2) is 6.10 Å².